The molecule has 2 N–H and O–H groups in total. The molecule has 0 heterocycles. The fraction of sp³-hybridized carbons (Fsp3) is 0.188. The van der Waals surface area contributed by atoms with Gasteiger partial charge in [-0.3, -0.25) is 4.79 Å². The van der Waals surface area contributed by atoms with Crippen molar-refractivity contribution in [2.75, 3.05) is 11.6 Å². The molecule has 0 aromatic heterocycles. The number of hydrogen-bond donors (Lipinski definition) is 2. The number of carbonyl (C=O) groups is 1. The zero-order valence-corrected chi connectivity index (χ0v) is 13.6. The Bertz CT molecular complexity index is 818. The highest BCUT2D eigenvalue weighted by Gasteiger charge is 2.09. The summed E-state index contributed by atoms with van der Waals surface area (Å²) in [6, 6.07) is 11.0. The van der Waals surface area contributed by atoms with Crippen LogP contribution in [0.3, 0.4) is 0 Å². The van der Waals surface area contributed by atoms with E-state index in [9.17, 15) is 17.6 Å². The van der Waals surface area contributed by atoms with Crippen LogP contribution in [0.4, 0.5) is 10.1 Å². The summed E-state index contributed by atoms with van der Waals surface area (Å²) < 4.78 is 37.9. The molecule has 0 unspecified atom stereocenters. The van der Waals surface area contributed by atoms with Gasteiger partial charge >= 0.3 is 0 Å². The fourth-order valence-electron chi connectivity index (χ4n) is 1.86. The Morgan fingerprint density at radius 3 is 2.35 bits per heavy atom. The van der Waals surface area contributed by atoms with Gasteiger partial charge in [0.15, 0.2) is 0 Å². The third kappa shape index (κ3) is 5.15. The monoisotopic (exact) mass is 336 g/mol. The lowest BCUT2D eigenvalue weighted by Crippen LogP contribution is -2.21. The molecule has 122 valence electrons. The van der Waals surface area contributed by atoms with Gasteiger partial charge in [-0.05, 0) is 42.3 Å². The molecule has 0 fully saturated rings. The molecule has 1 amide bonds. The summed E-state index contributed by atoms with van der Waals surface area (Å²) in [5, 5.41) is 2.66. The van der Waals surface area contributed by atoms with Gasteiger partial charge in [0.25, 0.3) is 5.91 Å². The fourth-order valence-corrected chi connectivity index (χ4v) is 2.29. The Morgan fingerprint density at radius 2 is 1.78 bits per heavy atom. The molecule has 2 aromatic rings. The van der Waals surface area contributed by atoms with E-state index < -0.39 is 21.7 Å². The van der Waals surface area contributed by atoms with E-state index in [0.717, 1.165) is 11.8 Å². The lowest BCUT2D eigenvalue weighted by atomic mass is 10.1. The Kier molecular flexibility index (Phi) is 5.12. The van der Waals surface area contributed by atoms with E-state index in [1.807, 2.05) is 0 Å². The van der Waals surface area contributed by atoms with Gasteiger partial charge in [-0.25, -0.2) is 17.5 Å². The average Bonchev–Trinajstić information content (AvgIpc) is 2.48. The molecule has 0 saturated heterocycles. The van der Waals surface area contributed by atoms with Gasteiger partial charge in [0.05, 0.1) is 6.26 Å². The van der Waals surface area contributed by atoms with Crippen molar-refractivity contribution in [1.29, 1.82) is 0 Å². The molecule has 23 heavy (non-hydrogen) atoms. The number of hydrogen-bond acceptors (Lipinski definition) is 3. The number of amides is 1. The van der Waals surface area contributed by atoms with Crippen LogP contribution in [-0.2, 0) is 16.6 Å². The quantitative estimate of drug-likeness (QED) is 0.880. The van der Waals surface area contributed by atoms with Crippen molar-refractivity contribution in [2.45, 2.75) is 13.5 Å². The van der Waals surface area contributed by atoms with E-state index in [2.05, 4.69) is 10.0 Å². The molecule has 0 aliphatic heterocycles. The summed E-state index contributed by atoms with van der Waals surface area (Å²) in [4.78, 5) is 12.1. The van der Waals surface area contributed by atoms with E-state index in [0.29, 0.717) is 11.3 Å². The normalized spacial score (nSPS) is 11.3. The van der Waals surface area contributed by atoms with E-state index in [1.54, 1.807) is 43.3 Å². The lowest BCUT2D eigenvalue weighted by Gasteiger charge is -2.08. The smallest absolute Gasteiger partial charge is 0.255 e. The predicted octanol–water partition coefficient (Wildman–Crippen LogP) is 2.44. The molecule has 0 radical (unpaired) electrons. The zero-order chi connectivity index (χ0) is 17.0. The minimum absolute atomic E-state index is 0.177. The minimum atomic E-state index is -3.25. The molecule has 2 rings (SSSR count). The Balaban J connectivity index is 2.02. The molecule has 0 bridgehead atoms. The van der Waals surface area contributed by atoms with E-state index in [-0.39, 0.29) is 12.1 Å². The van der Waals surface area contributed by atoms with Crippen molar-refractivity contribution in [3.05, 3.63) is 65.0 Å². The highest BCUT2D eigenvalue weighted by molar-refractivity contribution is 7.88. The van der Waals surface area contributed by atoms with Crippen LogP contribution in [0.2, 0.25) is 0 Å². The largest absolute Gasteiger partial charge is 0.322 e. The second-order valence-corrected chi connectivity index (χ2v) is 7.04. The minimum Gasteiger partial charge on any atom is -0.322 e. The maximum Gasteiger partial charge on any atom is 0.255 e. The first-order valence-corrected chi connectivity index (χ1v) is 8.75. The number of anilines is 1. The molecule has 2 aromatic carbocycles. The van der Waals surface area contributed by atoms with Crippen LogP contribution in [0, 0.1) is 12.7 Å². The maximum atomic E-state index is 13.5. The van der Waals surface area contributed by atoms with Crippen molar-refractivity contribution in [2.24, 2.45) is 0 Å². The van der Waals surface area contributed by atoms with E-state index >= 15 is 0 Å². The predicted molar refractivity (Wildman–Crippen MR) is 87.2 cm³/mol. The third-order valence-corrected chi connectivity index (χ3v) is 3.85. The number of benzene rings is 2. The number of rotatable bonds is 5. The average molecular weight is 336 g/mol. The molecule has 0 atom stereocenters. The highest BCUT2D eigenvalue weighted by atomic mass is 32.2. The second kappa shape index (κ2) is 6.89. The first-order valence-electron chi connectivity index (χ1n) is 6.86. The van der Waals surface area contributed by atoms with Crippen LogP contribution in [0.1, 0.15) is 21.5 Å². The molecule has 0 aliphatic carbocycles. The Hall–Kier alpha value is -2.25. The summed E-state index contributed by atoms with van der Waals surface area (Å²) in [6.45, 7) is 1.80. The van der Waals surface area contributed by atoms with Gasteiger partial charge in [0, 0.05) is 17.8 Å². The third-order valence-electron chi connectivity index (χ3n) is 3.18. The number of carbonyl (C=O) groups excluding carboxylic acids is 1. The van der Waals surface area contributed by atoms with Crippen LogP contribution in [0.25, 0.3) is 0 Å². The summed E-state index contributed by atoms with van der Waals surface area (Å²) in [7, 11) is -3.25. The van der Waals surface area contributed by atoms with Crippen molar-refractivity contribution in [1.82, 2.24) is 4.72 Å². The summed E-state index contributed by atoms with van der Waals surface area (Å²) in [6.07, 6.45) is 1.09. The number of sulfonamides is 1. The summed E-state index contributed by atoms with van der Waals surface area (Å²) in [5.41, 5.74) is 2.01. The van der Waals surface area contributed by atoms with E-state index in [1.165, 1.54) is 6.07 Å². The number of aryl methyl sites for hydroxylation is 1. The van der Waals surface area contributed by atoms with Gasteiger partial charge in [-0.1, -0.05) is 18.2 Å². The van der Waals surface area contributed by atoms with Crippen LogP contribution in [-0.4, -0.2) is 20.6 Å². The van der Waals surface area contributed by atoms with Crippen LogP contribution < -0.4 is 10.0 Å². The molecule has 5 nitrogen and oxygen atoms in total. The maximum absolute atomic E-state index is 13.5. The molecular formula is C16H17FN2O3S. The van der Waals surface area contributed by atoms with Crippen molar-refractivity contribution >= 4 is 21.6 Å². The highest BCUT2D eigenvalue weighted by Crippen LogP contribution is 2.14. The van der Waals surface area contributed by atoms with Crippen LogP contribution >= 0.6 is 0 Å². The first kappa shape index (κ1) is 17.1. The summed E-state index contributed by atoms with van der Waals surface area (Å²) in [5.74, 6) is -0.842. The standard InChI is InChI=1S/C16H17FN2O3S/c1-11-3-6-13(9-15(11)17)16(20)19-14-7-4-12(5-8-14)10-18-23(2,21)22/h3-9,18H,10H2,1-2H3,(H,19,20). The van der Waals surface area contributed by atoms with Gasteiger partial charge < -0.3 is 5.32 Å². The topological polar surface area (TPSA) is 75.3 Å². The number of nitrogens with one attached hydrogen (secondary N) is 2. The van der Waals surface area contributed by atoms with Gasteiger partial charge in [0.2, 0.25) is 10.0 Å². The molecule has 7 heteroatoms. The van der Waals surface area contributed by atoms with Gasteiger partial charge in [-0.15, -0.1) is 0 Å². The van der Waals surface area contributed by atoms with Gasteiger partial charge in [-0.2, -0.15) is 0 Å². The van der Waals surface area contributed by atoms with Crippen molar-refractivity contribution < 1.29 is 17.6 Å². The van der Waals surface area contributed by atoms with E-state index in [4.69, 9.17) is 0 Å². The van der Waals surface area contributed by atoms with Crippen molar-refractivity contribution in [3.63, 3.8) is 0 Å². The van der Waals surface area contributed by atoms with Crippen LogP contribution in [0.15, 0.2) is 42.5 Å². The first-order chi connectivity index (χ1) is 10.7. The second-order valence-electron chi connectivity index (χ2n) is 5.21. The molecular weight excluding hydrogens is 319 g/mol. The number of halogens is 1. The molecule has 0 saturated carbocycles. The zero-order valence-electron chi connectivity index (χ0n) is 12.8. The molecule has 0 spiro atoms. The van der Waals surface area contributed by atoms with Crippen molar-refractivity contribution in [3.8, 4) is 0 Å². The Morgan fingerprint density at radius 1 is 1.13 bits per heavy atom. The Labute approximate surface area is 134 Å². The van der Waals surface area contributed by atoms with Crippen LogP contribution in [0.5, 0.6) is 0 Å². The summed E-state index contributed by atoms with van der Waals surface area (Å²) >= 11 is 0. The lowest BCUT2D eigenvalue weighted by molar-refractivity contribution is 0.102. The molecule has 0 aliphatic rings. The van der Waals surface area contributed by atoms with Gasteiger partial charge in [0.1, 0.15) is 5.82 Å². The SMILES string of the molecule is Cc1ccc(C(=O)Nc2ccc(CNS(C)(=O)=O)cc2)cc1F.